The third-order valence-electron chi connectivity index (χ3n) is 5.05. The van der Waals surface area contributed by atoms with Gasteiger partial charge in [0.2, 0.25) is 5.91 Å². The first-order valence-electron chi connectivity index (χ1n) is 8.93. The van der Waals surface area contributed by atoms with Gasteiger partial charge >= 0.3 is 0 Å². The second kappa shape index (κ2) is 7.05. The van der Waals surface area contributed by atoms with Crippen LogP contribution in [0.2, 0.25) is 0 Å². The van der Waals surface area contributed by atoms with Crippen LogP contribution in [0.15, 0.2) is 32.8 Å². The van der Waals surface area contributed by atoms with Gasteiger partial charge in [0.05, 0.1) is 28.0 Å². The molecule has 1 N–H and O–H groups in total. The van der Waals surface area contributed by atoms with Crippen molar-refractivity contribution < 1.29 is 4.79 Å². The molecule has 0 aromatic carbocycles. The predicted octanol–water partition coefficient (Wildman–Crippen LogP) is 3.40. The van der Waals surface area contributed by atoms with Crippen LogP contribution in [0.1, 0.15) is 23.8 Å². The number of fused-ring (bicyclic) bond motifs is 3. The van der Waals surface area contributed by atoms with Gasteiger partial charge in [-0.3, -0.25) is 19.1 Å². The summed E-state index contributed by atoms with van der Waals surface area (Å²) in [6.07, 6.45) is 4.06. The van der Waals surface area contributed by atoms with Gasteiger partial charge in [0, 0.05) is 11.4 Å². The highest BCUT2D eigenvalue weighted by Gasteiger charge is 2.27. The minimum absolute atomic E-state index is 0.0185. The Balaban J connectivity index is 1.53. The number of hydrogen-bond donors (Lipinski definition) is 1. The maximum absolute atomic E-state index is 13.1. The molecule has 1 saturated heterocycles. The Morgan fingerprint density at radius 3 is 2.89 bits per heavy atom. The molecule has 0 aliphatic carbocycles. The number of thioether (sulfide) groups is 1. The zero-order valence-corrected chi connectivity index (χ0v) is 17.0. The molecular weight excluding hydrogens is 400 g/mol. The second-order valence-corrected chi connectivity index (χ2v) is 10.00. The van der Waals surface area contributed by atoms with Gasteiger partial charge in [-0.05, 0) is 37.4 Å². The Bertz CT molecular complexity index is 1050. The molecule has 27 heavy (non-hydrogen) atoms. The van der Waals surface area contributed by atoms with Crippen LogP contribution in [0, 0.1) is 0 Å². The highest BCUT2D eigenvalue weighted by molar-refractivity contribution is 8.02. The lowest BCUT2D eigenvalue weighted by atomic mass is 10.2. The SMILES string of the molecule is O=C1CSc2sc3c(=O)n(C[C@H](c4cccs4)N4CCCC4)cnc3c2N1. The maximum Gasteiger partial charge on any atom is 0.271 e. The number of aromatic nitrogens is 2. The van der Waals surface area contributed by atoms with Gasteiger partial charge in [0.15, 0.2) is 0 Å². The molecule has 0 spiro atoms. The number of amides is 1. The number of rotatable bonds is 4. The topological polar surface area (TPSA) is 67.2 Å². The zero-order valence-electron chi connectivity index (χ0n) is 14.5. The van der Waals surface area contributed by atoms with Gasteiger partial charge < -0.3 is 5.32 Å². The normalized spacial score (nSPS) is 18.6. The molecule has 1 atom stereocenters. The van der Waals surface area contributed by atoms with Gasteiger partial charge in [0.25, 0.3) is 5.56 Å². The molecule has 0 radical (unpaired) electrons. The van der Waals surface area contributed by atoms with Crippen LogP contribution in [0.5, 0.6) is 0 Å². The van der Waals surface area contributed by atoms with E-state index < -0.39 is 0 Å². The van der Waals surface area contributed by atoms with E-state index in [2.05, 4.69) is 32.7 Å². The Hall–Kier alpha value is -1.68. The first-order valence-corrected chi connectivity index (χ1v) is 11.6. The van der Waals surface area contributed by atoms with E-state index in [1.807, 2.05) is 0 Å². The fourth-order valence-electron chi connectivity index (χ4n) is 3.74. The summed E-state index contributed by atoms with van der Waals surface area (Å²) in [6.45, 7) is 2.75. The number of likely N-dealkylation sites (tertiary alicyclic amines) is 1. The smallest absolute Gasteiger partial charge is 0.271 e. The van der Waals surface area contributed by atoms with E-state index in [1.165, 1.54) is 40.8 Å². The summed E-state index contributed by atoms with van der Waals surface area (Å²) < 4.78 is 3.34. The minimum Gasteiger partial charge on any atom is -0.322 e. The molecule has 3 aromatic rings. The molecular formula is C18H18N4O2S3. The van der Waals surface area contributed by atoms with Gasteiger partial charge in [-0.15, -0.1) is 34.4 Å². The largest absolute Gasteiger partial charge is 0.322 e. The molecule has 140 valence electrons. The summed E-state index contributed by atoms with van der Waals surface area (Å²) in [7, 11) is 0. The van der Waals surface area contributed by atoms with Crippen LogP contribution < -0.4 is 10.9 Å². The van der Waals surface area contributed by atoms with Crippen LogP contribution in [-0.2, 0) is 11.3 Å². The number of carbonyl (C=O) groups excluding carboxylic acids is 1. The molecule has 2 aliphatic rings. The van der Waals surface area contributed by atoms with Crippen molar-refractivity contribution in [1.29, 1.82) is 0 Å². The van der Waals surface area contributed by atoms with Crippen molar-refractivity contribution in [2.45, 2.75) is 29.6 Å². The summed E-state index contributed by atoms with van der Waals surface area (Å²) in [5.41, 5.74) is 1.30. The quantitative estimate of drug-likeness (QED) is 0.703. The maximum atomic E-state index is 13.1. The van der Waals surface area contributed by atoms with Crippen molar-refractivity contribution in [3.63, 3.8) is 0 Å². The van der Waals surface area contributed by atoms with E-state index in [0.717, 1.165) is 17.3 Å². The molecule has 5 rings (SSSR count). The summed E-state index contributed by atoms with van der Waals surface area (Å²) in [6, 6.07) is 4.43. The van der Waals surface area contributed by atoms with Crippen molar-refractivity contribution in [3.05, 3.63) is 39.1 Å². The summed E-state index contributed by atoms with van der Waals surface area (Å²) in [5.74, 6) is 0.355. The lowest BCUT2D eigenvalue weighted by Crippen LogP contribution is -2.32. The van der Waals surface area contributed by atoms with Crippen molar-refractivity contribution in [3.8, 4) is 0 Å². The van der Waals surface area contributed by atoms with E-state index in [1.54, 1.807) is 22.2 Å². The Kier molecular flexibility index (Phi) is 4.55. The molecule has 0 unspecified atom stereocenters. The number of anilines is 1. The molecule has 2 aliphatic heterocycles. The predicted molar refractivity (Wildman–Crippen MR) is 111 cm³/mol. The number of hydrogen-bond acceptors (Lipinski definition) is 7. The van der Waals surface area contributed by atoms with Crippen molar-refractivity contribution in [2.24, 2.45) is 0 Å². The molecule has 0 bridgehead atoms. The second-order valence-electron chi connectivity index (χ2n) is 6.76. The number of nitrogens with zero attached hydrogens (tertiary/aromatic N) is 3. The van der Waals surface area contributed by atoms with Crippen molar-refractivity contribution in [1.82, 2.24) is 14.5 Å². The van der Waals surface area contributed by atoms with Gasteiger partial charge in [-0.25, -0.2) is 4.98 Å². The van der Waals surface area contributed by atoms with E-state index in [0.29, 0.717) is 28.2 Å². The molecule has 9 heteroatoms. The Morgan fingerprint density at radius 1 is 1.26 bits per heavy atom. The number of thiophene rings is 2. The Labute approximate surface area is 168 Å². The minimum atomic E-state index is -0.0371. The first kappa shape index (κ1) is 17.4. The summed E-state index contributed by atoms with van der Waals surface area (Å²) >= 11 is 4.67. The van der Waals surface area contributed by atoms with Crippen LogP contribution >= 0.6 is 34.4 Å². The molecule has 0 saturated carbocycles. The van der Waals surface area contributed by atoms with Crippen LogP contribution in [0.25, 0.3) is 10.2 Å². The third-order valence-corrected chi connectivity index (χ3v) is 8.47. The molecule has 1 amide bonds. The van der Waals surface area contributed by atoms with E-state index >= 15 is 0 Å². The lowest BCUT2D eigenvalue weighted by molar-refractivity contribution is -0.113. The van der Waals surface area contributed by atoms with Crippen LogP contribution in [-0.4, -0.2) is 39.2 Å². The zero-order chi connectivity index (χ0) is 18.4. The number of nitrogens with one attached hydrogen (secondary N) is 1. The summed E-state index contributed by atoms with van der Waals surface area (Å²) in [4.78, 5) is 33.1. The van der Waals surface area contributed by atoms with Crippen LogP contribution in [0.3, 0.4) is 0 Å². The summed E-state index contributed by atoms with van der Waals surface area (Å²) in [5, 5.41) is 4.96. The standard InChI is InChI=1S/C18H18N4O2S3/c23-13-9-26-18-15(20-13)14-16(27-18)17(24)22(10-19-14)8-11(12-4-3-7-25-12)21-5-1-2-6-21/h3-4,7,10-11H,1-2,5-6,8-9H2,(H,20,23)/t11-/m1/s1. The monoisotopic (exact) mass is 418 g/mol. The highest BCUT2D eigenvalue weighted by atomic mass is 32.2. The fourth-order valence-corrected chi connectivity index (χ4v) is 6.77. The molecule has 5 heterocycles. The van der Waals surface area contributed by atoms with E-state index in [9.17, 15) is 9.59 Å². The average molecular weight is 419 g/mol. The van der Waals surface area contributed by atoms with E-state index in [4.69, 9.17) is 0 Å². The van der Waals surface area contributed by atoms with Crippen molar-refractivity contribution >= 4 is 56.2 Å². The van der Waals surface area contributed by atoms with Gasteiger partial charge in [-0.2, -0.15) is 0 Å². The number of carbonyl (C=O) groups is 1. The van der Waals surface area contributed by atoms with Crippen LogP contribution in [0.4, 0.5) is 5.69 Å². The van der Waals surface area contributed by atoms with E-state index in [-0.39, 0.29) is 17.5 Å². The fraction of sp³-hybridized carbons (Fsp3) is 0.389. The average Bonchev–Trinajstić information content (AvgIpc) is 3.42. The highest BCUT2D eigenvalue weighted by Crippen LogP contribution is 2.42. The Morgan fingerprint density at radius 2 is 2.11 bits per heavy atom. The molecule has 1 fully saturated rings. The van der Waals surface area contributed by atoms with Crippen molar-refractivity contribution in [2.75, 3.05) is 24.2 Å². The van der Waals surface area contributed by atoms with Gasteiger partial charge in [0.1, 0.15) is 10.2 Å². The molecule has 3 aromatic heterocycles. The molecule has 6 nitrogen and oxygen atoms in total. The lowest BCUT2D eigenvalue weighted by Gasteiger charge is -2.27. The van der Waals surface area contributed by atoms with Gasteiger partial charge in [-0.1, -0.05) is 6.07 Å². The third kappa shape index (κ3) is 3.12. The first-order chi connectivity index (χ1) is 13.2.